The van der Waals surface area contributed by atoms with E-state index in [4.69, 9.17) is 28.3 Å². The number of alkyl halides is 1. The van der Waals surface area contributed by atoms with Crippen LogP contribution in [0.4, 0.5) is 0 Å². The highest BCUT2D eigenvalue weighted by atomic mass is 35.5. The zero-order valence-corrected chi connectivity index (χ0v) is 8.98. The molecule has 0 atom stereocenters. The monoisotopic (exact) mass is 232 g/mol. The molecule has 1 rings (SSSR count). The van der Waals surface area contributed by atoms with Gasteiger partial charge < -0.3 is 5.11 Å². The lowest BCUT2D eigenvalue weighted by atomic mass is 10.0. The van der Waals surface area contributed by atoms with Gasteiger partial charge in [-0.1, -0.05) is 23.7 Å². The second-order valence-corrected chi connectivity index (χ2v) is 3.56. The predicted octanol–water partition coefficient (Wildman–Crippen LogP) is 2.18. The normalized spacial score (nSPS) is 10.2. The van der Waals surface area contributed by atoms with Crippen molar-refractivity contribution in [2.45, 2.75) is 13.0 Å². The Balaban J connectivity index is 2.98. The summed E-state index contributed by atoms with van der Waals surface area (Å²) in [7, 11) is 0. The highest BCUT2D eigenvalue weighted by molar-refractivity contribution is 6.32. The van der Waals surface area contributed by atoms with Crippen LogP contribution in [-0.4, -0.2) is 16.8 Å². The van der Waals surface area contributed by atoms with E-state index in [-0.39, 0.29) is 24.7 Å². The van der Waals surface area contributed by atoms with Crippen molar-refractivity contribution in [3.05, 3.63) is 34.3 Å². The van der Waals surface area contributed by atoms with Gasteiger partial charge in [-0.3, -0.25) is 4.79 Å². The maximum Gasteiger partial charge on any atom is 0.152 e. The number of carbonyl (C=O) groups is 1. The SMILES string of the molecule is O=C(CCl)Cc1c(Cl)cccc1CO. The third-order valence-electron chi connectivity index (χ3n) is 1.91. The Morgan fingerprint density at radius 2 is 2.14 bits per heavy atom. The van der Waals surface area contributed by atoms with Gasteiger partial charge in [-0.15, -0.1) is 11.6 Å². The molecule has 1 N–H and O–H groups in total. The van der Waals surface area contributed by atoms with Gasteiger partial charge in [0, 0.05) is 11.4 Å². The number of benzene rings is 1. The minimum Gasteiger partial charge on any atom is -0.392 e. The smallest absolute Gasteiger partial charge is 0.152 e. The first-order valence-corrected chi connectivity index (χ1v) is 5.05. The second-order valence-electron chi connectivity index (χ2n) is 2.88. The number of aliphatic hydroxyl groups excluding tert-OH is 1. The summed E-state index contributed by atoms with van der Waals surface area (Å²) in [5, 5.41) is 9.52. The number of carbonyl (C=O) groups excluding carboxylic acids is 1. The Morgan fingerprint density at radius 3 is 2.71 bits per heavy atom. The number of hydrogen-bond donors (Lipinski definition) is 1. The quantitative estimate of drug-likeness (QED) is 0.809. The van der Waals surface area contributed by atoms with E-state index in [0.717, 1.165) is 0 Å². The van der Waals surface area contributed by atoms with Crippen LogP contribution in [0, 0.1) is 0 Å². The molecule has 0 aliphatic rings. The molecule has 0 bridgehead atoms. The van der Waals surface area contributed by atoms with E-state index >= 15 is 0 Å². The van der Waals surface area contributed by atoms with Crippen molar-refractivity contribution in [3.63, 3.8) is 0 Å². The minimum atomic E-state index is -0.120. The Kier molecular flexibility index (Phi) is 4.39. The number of hydrogen-bond acceptors (Lipinski definition) is 2. The van der Waals surface area contributed by atoms with Gasteiger partial charge in [0.05, 0.1) is 12.5 Å². The first-order chi connectivity index (χ1) is 6.69. The standard InChI is InChI=1S/C10H10Cl2O2/c11-5-8(14)4-9-7(6-13)2-1-3-10(9)12/h1-3,13H,4-6H2. The van der Waals surface area contributed by atoms with Gasteiger partial charge >= 0.3 is 0 Å². The summed E-state index contributed by atoms with van der Waals surface area (Å²) in [5.74, 6) is -0.134. The molecule has 0 aliphatic heterocycles. The van der Waals surface area contributed by atoms with Crippen molar-refractivity contribution in [1.82, 2.24) is 0 Å². The van der Waals surface area contributed by atoms with Gasteiger partial charge in [0.25, 0.3) is 0 Å². The summed E-state index contributed by atoms with van der Waals surface area (Å²) in [6.45, 7) is -0.120. The van der Waals surface area contributed by atoms with Gasteiger partial charge in [0.15, 0.2) is 5.78 Å². The van der Waals surface area contributed by atoms with E-state index in [2.05, 4.69) is 0 Å². The average molecular weight is 233 g/mol. The van der Waals surface area contributed by atoms with Crippen LogP contribution < -0.4 is 0 Å². The average Bonchev–Trinajstić information content (AvgIpc) is 2.20. The fourth-order valence-electron chi connectivity index (χ4n) is 1.19. The fraction of sp³-hybridized carbons (Fsp3) is 0.300. The first-order valence-electron chi connectivity index (χ1n) is 4.13. The molecule has 14 heavy (non-hydrogen) atoms. The molecule has 0 saturated carbocycles. The van der Waals surface area contributed by atoms with Gasteiger partial charge in [0.1, 0.15) is 0 Å². The molecule has 0 aromatic heterocycles. The highest BCUT2D eigenvalue weighted by Crippen LogP contribution is 2.21. The summed E-state index contributed by atoms with van der Waals surface area (Å²) in [6.07, 6.45) is 0.180. The number of aliphatic hydroxyl groups is 1. The predicted molar refractivity (Wildman–Crippen MR) is 56.8 cm³/mol. The van der Waals surface area contributed by atoms with Crippen LogP contribution in [0.1, 0.15) is 11.1 Å². The van der Waals surface area contributed by atoms with E-state index in [1.54, 1.807) is 18.2 Å². The van der Waals surface area contributed by atoms with Crippen molar-refractivity contribution in [2.24, 2.45) is 0 Å². The van der Waals surface area contributed by atoms with Crippen molar-refractivity contribution in [1.29, 1.82) is 0 Å². The number of rotatable bonds is 4. The van der Waals surface area contributed by atoms with E-state index in [0.29, 0.717) is 16.1 Å². The van der Waals surface area contributed by atoms with Gasteiger partial charge in [-0.05, 0) is 17.2 Å². The first kappa shape index (κ1) is 11.5. The molecule has 0 spiro atoms. The largest absolute Gasteiger partial charge is 0.392 e. The molecule has 1 aromatic carbocycles. The van der Waals surface area contributed by atoms with Crippen LogP contribution >= 0.6 is 23.2 Å². The number of Topliss-reactive ketones (excluding diaryl/α,β-unsaturated/α-hetero) is 1. The minimum absolute atomic E-state index is 0.0317. The van der Waals surface area contributed by atoms with Crippen LogP contribution in [0.5, 0.6) is 0 Å². The lowest BCUT2D eigenvalue weighted by Gasteiger charge is -2.07. The molecule has 0 saturated heterocycles. The second kappa shape index (κ2) is 5.35. The van der Waals surface area contributed by atoms with E-state index < -0.39 is 0 Å². The van der Waals surface area contributed by atoms with Crippen LogP contribution in [-0.2, 0) is 17.8 Å². The molecular formula is C10H10Cl2O2. The molecule has 0 amide bonds. The maximum atomic E-state index is 11.1. The highest BCUT2D eigenvalue weighted by Gasteiger charge is 2.10. The Hall–Kier alpha value is -0.570. The number of ketones is 1. The third-order valence-corrected chi connectivity index (χ3v) is 2.56. The zero-order chi connectivity index (χ0) is 10.6. The zero-order valence-electron chi connectivity index (χ0n) is 7.46. The summed E-state index contributed by atoms with van der Waals surface area (Å²) in [5.41, 5.74) is 1.35. The summed E-state index contributed by atoms with van der Waals surface area (Å²) >= 11 is 11.3. The molecule has 4 heteroatoms. The lowest BCUT2D eigenvalue weighted by Crippen LogP contribution is -2.07. The molecule has 0 unspecified atom stereocenters. The van der Waals surface area contributed by atoms with Crippen molar-refractivity contribution in [3.8, 4) is 0 Å². The van der Waals surface area contributed by atoms with Crippen LogP contribution in [0.3, 0.4) is 0 Å². The summed E-state index contributed by atoms with van der Waals surface area (Å²) < 4.78 is 0. The maximum absolute atomic E-state index is 11.1. The van der Waals surface area contributed by atoms with Crippen LogP contribution in [0.2, 0.25) is 5.02 Å². The molecule has 76 valence electrons. The molecule has 0 heterocycles. The third kappa shape index (κ3) is 2.71. The summed E-state index contributed by atoms with van der Waals surface area (Å²) in [6, 6.07) is 5.17. The van der Waals surface area contributed by atoms with Crippen LogP contribution in [0.25, 0.3) is 0 Å². The molecule has 2 nitrogen and oxygen atoms in total. The Morgan fingerprint density at radius 1 is 1.43 bits per heavy atom. The molecule has 0 radical (unpaired) electrons. The lowest BCUT2D eigenvalue weighted by molar-refractivity contribution is -0.116. The van der Waals surface area contributed by atoms with Gasteiger partial charge in [-0.2, -0.15) is 0 Å². The van der Waals surface area contributed by atoms with E-state index in [1.165, 1.54) is 0 Å². The van der Waals surface area contributed by atoms with Gasteiger partial charge in [0.2, 0.25) is 0 Å². The van der Waals surface area contributed by atoms with Crippen molar-refractivity contribution >= 4 is 29.0 Å². The van der Waals surface area contributed by atoms with Gasteiger partial charge in [-0.25, -0.2) is 0 Å². The van der Waals surface area contributed by atoms with Crippen molar-refractivity contribution in [2.75, 3.05) is 5.88 Å². The topological polar surface area (TPSA) is 37.3 Å². The molecule has 0 aliphatic carbocycles. The van der Waals surface area contributed by atoms with E-state index in [1.807, 2.05) is 0 Å². The summed E-state index contributed by atoms with van der Waals surface area (Å²) in [4.78, 5) is 11.1. The Bertz CT molecular complexity index is 337. The fourth-order valence-corrected chi connectivity index (χ4v) is 1.55. The Labute approximate surface area is 92.5 Å². The van der Waals surface area contributed by atoms with Crippen LogP contribution in [0.15, 0.2) is 18.2 Å². The molecule has 0 fully saturated rings. The number of halogens is 2. The molecule has 1 aromatic rings. The van der Waals surface area contributed by atoms with E-state index in [9.17, 15) is 4.79 Å². The van der Waals surface area contributed by atoms with Crippen molar-refractivity contribution < 1.29 is 9.90 Å². The molecular weight excluding hydrogens is 223 g/mol.